The number of rotatable bonds is 10. The average molecular weight is 732 g/mol. The summed E-state index contributed by atoms with van der Waals surface area (Å²) < 4.78 is 2.25. The van der Waals surface area contributed by atoms with Gasteiger partial charge in [0.05, 0.1) is 17.1 Å². The van der Waals surface area contributed by atoms with Crippen molar-refractivity contribution >= 4 is 22.2 Å². The van der Waals surface area contributed by atoms with E-state index in [1.807, 2.05) is 33.9 Å². The Bertz CT molecular complexity index is 1440. The van der Waals surface area contributed by atoms with Crippen LogP contribution in [0.1, 0.15) is 83.9 Å². The quantitative estimate of drug-likeness (QED) is 0.100. The first-order chi connectivity index (χ1) is 19.1. The fourth-order valence-corrected chi connectivity index (χ4v) is 5.44. The van der Waals surface area contributed by atoms with Crippen LogP contribution >= 0.6 is 0 Å². The zero-order valence-corrected chi connectivity index (χ0v) is 28.4. The molecule has 0 atom stereocenters. The van der Waals surface area contributed by atoms with Crippen LogP contribution < -0.4 is 0 Å². The summed E-state index contributed by atoms with van der Waals surface area (Å²) in [5, 5.41) is 11.0. The van der Waals surface area contributed by atoms with Gasteiger partial charge in [-0.25, -0.2) is 0 Å². The molecule has 0 fully saturated rings. The van der Waals surface area contributed by atoms with E-state index in [2.05, 4.69) is 80.6 Å². The van der Waals surface area contributed by atoms with Crippen LogP contribution in [0.4, 0.5) is 0 Å². The molecule has 2 aromatic carbocycles. The van der Waals surface area contributed by atoms with Crippen molar-refractivity contribution in [1.82, 2.24) is 9.38 Å². The Morgan fingerprint density at radius 2 is 1.61 bits per heavy atom. The summed E-state index contributed by atoms with van der Waals surface area (Å²) in [6.45, 7) is 16.8. The van der Waals surface area contributed by atoms with E-state index in [9.17, 15) is 9.90 Å². The second-order valence-electron chi connectivity index (χ2n) is 11.4. The number of aliphatic hydroxyl groups is 1. The third kappa shape index (κ3) is 8.87. The maximum Gasteiger partial charge on any atom is 0.162 e. The van der Waals surface area contributed by atoms with Crippen molar-refractivity contribution in [2.75, 3.05) is 0 Å². The number of allylic oxidation sites excluding steroid dienone is 2. The molecule has 0 unspecified atom stereocenters. The Kier molecular flexibility index (Phi) is 13.5. The fraction of sp³-hybridized carbons (Fsp3) is 0.444. The van der Waals surface area contributed by atoms with Crippen molar-refractivity contribution in [3.05, 3.63) is 83.3 Å². The molecule has 0 aliphatic rings. The van der Waals surface area contributed by atoms with Gasteiger partial charge in [-0.15, -0.1) is 34.9 Å². The van der Waals surface area contributed by atoms with E-state index in [1.54, 1.807) is 0 Å². The molecule has 0 bridgehead atoms. The number of carbonyl (C=O) groups excluding carboxylic acids is 1. The van der Waals surface area contributed by atoms with E-state index in [0.29, 0.717) is 5.92 Å². The predicted molar refractivity (Wildman–Crippen MR) is 169 cm³/mol. The molecule has 223 valence electrons. The molecule has 41 heavy (non-hydrogen) atoms. The van der Waals surface area contributed by atoms with Crippen LogP contribution in [-0.4, -0.2) is 20.3 Å². The molecular weight excluding hydrogens is 685 g/mol. The van der Waals surface area contributed by atoms with Gasteiger partial charge in [-0.05, 0) is 67.2 Å². The Balaban J connectivity index is 0.000000320. The van der Waals surface area contributed by atoms with Gasteiger partial charge in [0.15, 0.2) is 5.78 Å². The molecule has 0 aliphatic carbocycles. The van der Waals surface area contributed by atoms with E-state index in [1.165, 1.54) is 28.1 Å². The number of benzene rings is 2. The normalized spacial score (nSPS) is 11.7. The number of aromatic nitrogens is 2. The van der Waals surface area contributed by atoms with E-state index in [0.717, 1.165) is 54.6 Å². The summed E-state index contributed by atoms with van der Waals surface area (Å²) in [6, 6.07) is 18.9. The fourth-order valence-electron chi connectivity index (χ4n) is 5.44. The van der Waals surface area contributed by atoms with Crippen molar-refractivity contribution in [3.8, 4) is 11.4 Å². The standard InChI is InChI=1S/C23H23N2.C13H24O2.Ir/c1-15(2)9-18-5-8-22-19(13-18)6-7-21-14-24-23(25(21)22)20-11-16(3)10-17(4)12-20;1-5-10(6-2)12(14)9-13(15)11(7-3)8-4;/h5-8,10-11,13-15H,9H2,1-4H3;9-11,14H,5-8H2,1-4H3;/q-1;;/b;12-9-;. The first-order valence-electron chi connectivity index (χ1n) is 15.0. The third-order valence-electron chi connectivity index (χ3n) is 7.67. The molecule has 2 aromatic heterocycles. The van der Waals surface area contributed by atoms with Gasteiger partial charge in [0.2, 0.25) is 0 Å². The Morgan fingerprint density at radius 1 is 0.951 bits per heavy atom. The molecule has 0 saturated carbocycles. The molecule has 0 saturated heterocycles. The number of hydrogen-bond donors (Lipinski definition) is 1. The topological polar surface area (TPSA) is 54.6 Å². The van der Waals surface area contributed by atoms with Crippen LogP contribution in [0.2, 0.25) is 0 Å². The number of carbonyl (C=O) groups is 1. The number of pyridine rings is 1. The average Bonchev–Trinajstić information content (AvgIpc) is 3.34. The summed E-state index contributed by atoms with van der Waals surface area (Å²) in [7, 11) is 0. The van der Waals surface area contributed by atoms with Crippen LogP contribution in [0.5, 0.6) is 0 Å². The van der Waals surface area contributed by atoms with Gasteiger partial charge in [0.25, 0.3) is 0 Å². The van der Waals surface area contributed by atoms with Crippen LogP contribution in [0.15, 0.2) is 60.5 Å². The predicted octanol–water partition coefficient (Wildman–Crippen LogP) is 9.64. The molecule has 1 radical (unpaired) electrons. The summed E-state index contributed by atoms with van der Waals surface area (Å²) in [5.74, 6) is 2.17. The minimum absolute atomic E-state index is 0. The molecule has 1 N–H and O–H groups in total. The summed E-state index contributed by atoms with van der Waals surface area (Å²) in [5.41, 5.74) is 7.14. The third-order valence-corrected chi connectivity index (χ3v) is 7.67. The monoisotopic (exact) mass is 732 g/mol. The van der Waals surface area contributed by atoms with Crippen molar-refractivity contribution in [2.45, 2.75) is 87.5 Å². The molecule has 0 spiro atoms. The van der Waals surface area contributed by atoms with Gasteiger partial charge < -0.3 is 9.51 Å². The maximum absolute atomic E-state index is 11.7. The molecule has 2 heterocycles. The van der Waals surface area contributed by atoms with Crippen LogP contribution in [-0.2, 0) is 31.3 Å². The largest absolute Gasteiger partial charge is 0.512 e. The maximum atomic E-state index is 11.7. The van der Waals surface area contributed by atoms with Crippen LogP contribution in [0.3, 0.4) is 0 Å². The van der Waals surface area contributed by atoms with Crippen LogP contribution in [0.25, 0.3) is 27.8 Å². The zero-order valence-electron chi connectivity index (χ0n) is 26.0. The summed E-state index contributed by atoms with van der Waals surface area (Å²) in [6.07, 6.45) is 7.96. The zero-order chi connectivity index (χ0) is 29.4. The van der Waals surface area contributed by atoms with E-state index in [-0.39, 0.29) is 43.5 Å². The van der Waals surface area contributed by atoms with Gasteiger partial charge in [0.1, 0.15) is 0 Å². The van der Waals surface area contributed by atoms with Gasteiger partial charge >= 0.3 is 0 Å². The molecule has 0 amide bonds. The van der Waals surface area contributed by atoms with Crippen molar-refractivity contribution in [3.63, 3.8) is 0 Å². The van der Waals surface area contributed by atoms with Crippen LogP contribution in [0, 0.1) is 37.7 Å². The van der Waals surface area contributed by atoms with Crippen molar-refractivity contribution < 1.29 is 30.0 Å². The van der Waals surface area contributed by atoms with Gasteiger partial charge in [-0.2, -0.15) is 0 Å². The van der Waals surface area contributed by atoms with E-state index in [4.69, 9.17) is 4.98 Å². The molecular formula is C36H47IrN2O2-. The number of ketones is 1. The summed E-state index contributed by atoms with van der Waals surface area (Å²) in [4.78, 5) is 16.4. The number of nitrogens with zero attached hydrogens (tertiary/aromatic N) is 2. The number of imidazole rings is 1. The molecule has 0 aliphatic heterocycles. The van der Waals surface area contributed by atoms with Gasteiger partial charge in [-0.1, -0.05) is 67.5 Å². The Hall–Kier alpha value is -2.75. The first-order valence-corrected chi connectivity index (χ1v) is 15.0. The second kappa shape index (κ2) is 16.0. The van der Waals surface area contributed by atoms with E-state index >= 15 is 0 Å². The number of hydrogen-bond acceptors (Lipinski definition) is 3. The second-order valence-corrected chi connectivity index (χ2v) is 11.4. The SMILES string of the molecule is CCC(CC)C(=O)/C=C(\O)C(CC)CC.Cc1[c-]c(-c2ncc3ccc4cc(CC(C)C)ccc4n23)cc(C)c1.[Ir]. The Labute approximate surface area is 260 Å². The summed E-state index contributed by atoms with van der Waals surface area (Å²) >= 11 is 0. The minimum atomic E-state index is 0. The molecule has 4 rings (SSSR count). The smallest absolute Gasteiger partial charge is 0.162 e. The van der Waals surface area contributed by atoms with E-state index < -0.39 is 0 Å². The van der Waals surface area contributed by atoms with Crippen molar-refractivity contribution in [2.24, 2.45) is 17.8 Å². The minimum Gasteiger partial charge on any atom is -0.512 e. The Morgan fingerprint density at radius 3 is 2.20 bits per heavy atom. The number of fused-ring (bicyclic) bond motifs is 3. The number of aryl methyl sites for hydroxylation is 2. The van der Waals surface area contributed by atoms with Gasteiger partial charge in [-0.3, -0.25) is 9.78 Å². The molecule has 4 nitrogen and oxygen atoms in total. The molecule has 4 aromatic rings. The molecule has 5 heteroatoms. The first kappa shape index (κ1) is 34.5. The van der Waals surface area contributed by atoms with Gasteiger partial charge in [0, 0.05) is 49.7 Å². The van der Waals surface area contributed by atoms with Crippen molar-refractivity contribution in [1.29, 1.82) is 0 Å². The number of aliphatic hydroxyl groups excluding tert-OH is 1.